The third-order valence-corrected chi connectivity index (χ3v) is 4.93. The number of rotatable bonds is 4. The number of aliphatic imine (C=N–C) groups is 1. The number of nitrogens with zero attached hydrogens (tertiary/aromatic N) is 4. The Hall–Kier alpha value is -3.68. The molecule has 0 spiro atoms. The Morgan fingerprint density at radius 1 is 1.10 bits per heavy atom. The van der Waals surface area contributed by atoms with Crippen LogP contribution < -0.4 is 5.73 Å². The summed E-state index contributed by atoms with van der Waals surface area (Å²) in [5, 5.41) is 0. The summed E-state index contributed by atoms with van der Waals surface area (Å²) in [4.78, 5) is 27.0. The van der Waals surface area contributed by atoms with Crippen LogP contribution >= 0.6 is 0 Å². The van der Waals surface area contributed by atoms with Crippen molar-refractivity contribution in [1.82, 2.24) is 14.9 Å². The number of benzene rings is 1. The highest BCUT2D eigenvalue weighted by molar-refractivity contribution is 6.09. The molecule has 4 rings (SSSR count). The number of carbonyl (C=O) groups excluding carboxylic acids is 1. The van der Waals surface area contributed by atoms with E-state index in [0.717, 1.165) is 4.90 Å². The van der Waals surface area contributed by atoms with Gasteiger partial charge in [0.2, 0.25) is 0 Å². The lowest BCUT2D eigenvalue weighted by molar-refractivity contribution is -0.129. The molecular weight excluding hydrogens is 376 g/mol. The third-order valence-electron chi connectivity index (χ3n) is 4.93. The van der Waals surface area contributed by atoms with Crippen LogP contribution in [0.15, 0.2) is 65.9 Å². The lowest BCUT2D eigenvalue weighted by atomic mass is 9.81. The molecular formula is C21H17F2N5O. The van der Waals surface area contributed by atoms with E-state index in [2.05, 4.69) is 15.0 Å². The SMILES string of the molecule is CN1C(=O)C(c2ccnc(CF)c2)(c2cc(-c3ccccn3)ccc2F)N=C1N. The third kappa shape index (κ3) is 2.93. The number of guanidine groups is 1. The quantitative estimate of drug-likeness (QED) is 0.739. The van der Waals surface area contributed by atoms with E-state index < -0.39 is 23.9 Å². The second kappa shape index (κ2) is 7.05. The zero-order chi connectivity index (χ0) is 20.6. The number of hydrogen-bond acceptors (Lipinski definition) is 5. The molecule has 0 aliphatic carbocycles. The van der Waals surface area contributed by atoms with Crippen molar-refractivity contribution in [3.63, 3.8) is 0 Å². The summed E-state index contributed by atoms with van der Waals surface area (Å²) in [5.74, 6) is -1.23. The van der Waals surface area contributed by atoms with Crippen LogP contribution in [0.4, 0.5) is 8.78 Å². The Balaban J connectivity index is 2.00. The lowest BCUT2D eigenvalue weighted by Gasteiger charge is -2.27. The highest BCUT2D eigenvalue weighted by Gasteiger charge is 2.51. The first-order chi connectivity index (χ1) is 14.0. The van der Waals surface area contributed by atoms with E-state index >= 15 is 4.39 Å². The van der Waals surface area contributed by atoms with Crippen LogP contribution in [-0.2, 0) is 17.0 Å². The number of aromatic nitrogens is 2. The minimum atomic E-state index is -1.78. The maximum atomic E-state index is 15.1. The minimum Gasteiger partial charge on any atom is -0.369 e. The number of amides is 1. The van der Waals surface area contributed by atoms with Crippen molar-refractivity contribution < 1.29 is 13.6 Å². The van der Waals surface area contributed by atoms with Gasteiger partial charge in [0, 0.05) is 30.6 Å². The van der Waals surface area contributed by atoms with E-state index in [0.29, 0.717) is 11.3 Å². The molecule has 0 bridgehead atoms. The molecule has 1 aromatic carbocycles. The maximum absolute atomic E-state index is 15.1. The molecule has 29 heavy (non-hydrogen) atoms. The first-order valence-electron chi connectivity index (χ1n) is 8.83. The Kier molecular flexibility index (Phi) is 4.54. The van der Waals surface area contributed by atoms with Crippen molar-refractivity contribution in [2.75, 3.05) is 7.05 Å². The molecule has 0 fully saturated rings. The molecule has 2 aromatic heterocycles. The molecule has 0 saturated carbocycles. The smallest absolute Gasteiger partial charge is 0.266 e. The van der Waals surface area contributed by atoms with Crippen molar-refractivity contribution in [3.8, 4) is 11.3 Å². The van der Waals surface area contributed by atoms with E-state index in [1.807, 2.05) is 6.07 Å². The molecule has 1 unspecified atom stereocenters. The van der Waals surface area contributed by atoms with Crippen LogP contribution in [0.25, 0.3) is 11.3 Å². The maximum Gasteiger partial charge on any atom is 0.266 e. The largest absolute Gasteiger partial charge is 0.369 e. The molecule has 3 heterocycles. The minimum absolute atomic E-state index is 0.00830. The molecule has 0 radical (unpaired) electrons. The van der Waals surface area contributed by atoms with Crippen LogP contribution in [0.5, 0.6) is 0 Å². The van der Waals surface area contributed by atoms with Gasteiger partial charge in [-0.15, -0.1) is 0 Å². The molecule has 1 aliphatic heterocycles. The van der Waals surface area contributed by atoms with Crippen molar-refractivity contribution in [3.05, 3.63) is 83.6 Å². The summed E-state index contributed by atoms with van der Waals surface area (Å²) in [6, 6.07) is 12.6. The van der Waals surface area contributed by atoms with Crippen LogP contribution in [-0.4, -0.2) is 33.8 Å². The Bertz CT molecular complexity index is 1120. The van der Waals surface area contributed by atoms with Gasteiger partial charge in [-0.05, 0) is 48.0 Å². The molecule has 2 N–H and O–H groups in total. The van der Waals surface area contributed by atoms with Gasteiger partial charge in [-0.1, -0.05) is 6.07 Å². The van der Waals surface area contributed by atoms with Crippen LogP contribution in [0.3, 0.4) is 0 Å². The van der Waals surface area contributed by atoms with Gasteiger partial charge >= 0.3 is 0 Å². The van der Waals surface area contributed by atoms with Gasteiger partial charge in [0.25, 0.3) is 5.91 Å². The second-order valence-electron chi connectivity index (χ2n) is 6.62. The van der Waals surface area contributed by atoms with E-state index in [9.17, 15) is 9.18 Å². The average molecular weight is 393 g/mol. The normalized spacial score (nSPS) is 18.8. The number of likely N-dealkylation sites (N-methyl/N-ethyl adjacent to an activating group) is 1. The average Bonchev–Trinajstić information content (AvgIpc) is 2.99. The van der Waals surface area contributed by atoms with Crippen molar-refractivity contribution in [2.24, 2.45) is 10.7 Å². The van der Waals surface area contributed by atoms with Gasteiger partial charge in [0.15, 0.2) is 11.5 Å². The number of halogens is 2. The van der Waals surface area contributed by atoms with Crippen LogP contribution in [0, 0.1) is 5.82 Å². The van der Waals surface area contributed by atoms with Crippen molar-refractivity contribution in [1.29, 1.82) is 0 Å². The number of pyridine rings is 2. The number of alkyl halides is 1. The zero-order valence-corrected chi connectivity index (χ0v) is 15.5. The highest BCUT2D eigenvalue weighted by atomic mass is 19.1. The van der Waals surface area contributed by atoms with Crippen molar-refractivity contribution in [2.45, 2.75) is 12.2 Å². The number of hydrogen-bond donors (Lipinski definition) is 1. The summed E-state index contributed by atoms with van der Waals surface area (Å²) >= 11 is 0. The van der Waals surface area contributed by atoms with E-state index in [-0.39, 0.29) is 22.8 Å². The fraction of sp³-hybridized carbons (Fsp3) is 0.143. The molecule has 8 heteroatoms. The monoisotopic (exact) mass is 393 g/mol. The molecule has 1 atom stereocenters. The van der Waals surface area contributed by atoms with Gasteiger partial charge in [0.1, 0.15) is 12.5 Å². The highest BCUT2D eigenvalue weighted by Crippen LogP contribution is 2.41. The van der Waals surface area contributed by atoms with E-state index in [1.54, 1.807) is 24.4 Å². The fourth-order valence-corrected chi connectivity index (χ4v) is 3.43. The second-order valence-corrected chi connectivity index (χ2v) is 6.62. The Labute approximate surface area is 165 Å². The first-order valence-corrected chi connectivity index (χ1v) is 8.83. The van der Waals surface area contributed by atoms with Crippen molar-refractivity contribution >= 4 is 11.9 Å². The predicted molar refractivity (Wildman–Crippen MR) is 104 cm³/mol. The van der Waals surface area contributed by atoms with Gasteiger partial charge < -0.3 is 5.73 Å². The van der Waals surface area contributed by atoms with Gasteiger partial charge in [-0.25, -0.2) is 13.8 Å². The van der Waals surface area contributed by atoms with E-state index in [4.69, 9.17) is 5.73 Å². The predicted octanol–water partition coefficient (Wildman–Crippen LogP) is 2.78. The molecule has 3 aromatic rings. The fourth-order valence-electron chi connectivity index (χ4n) is 3.43. The zero-order valence-electron chi connectivity index (χ0n) is 15.5. The molecule has 1 amide bonds. The van der Waals surface area contributed by atoms with Crippen LogP contribution in [0.1, 0.15) is 16.8 Å². The first kappa shape index (κ1) is 18.7. The molecule has 1 aliphatic rings. The van der Waals surface area contributed by atoms with E-state index in [1.165, 1.54) is 37.5 Å². The molecule has 0 saturated heterocycles. The molecule has 146 valence electrons. The summed E-state index contributed by atoms with van der Waals surface area (Å²) in [6.07, 6.45) is 2.99. The lowest BCUT2D eigenvalue weighted by Crippen LogP contribution is -2.41. The topological polar surface area (TPSA) is 84.5 Å². The van der Waals surface area contributed by atoms with Gasteiger partial charge in [-0.2, -0.15) is 0 Å². The standard InChI is InChI=1S/C21H17F2N5O/c1-28-19(29)21(27-20(28)24,14-7-9-25-15(11-14)12-22)16-10-13(5-6-17(16)23)18-4-2-3-8-26-18/h2-11H,12H2,1H3,(H2,24,27). The number of carbonyl (C=O) groups is 1. The van der Waals surface area contributed by atoms with Gasteiger partial charge in [-0.3, -0.25) is 19.7 Å². The summed E-state index contributed by atoms with van der Waals surface area (Å²) < 4.78 is 28.3. The summed E-state index contributed by atoms with van der Waals surface area (Å²) in [6.45, 7) is -0.830. The Morgan fingerprint density at radius 3 is 2.59 bits per heavy atom. The Morgan fingerprint density at radius 2 is 1.93 bits per heavy atom. The number of nitrogens with two attached hydrogens (primary N) is 1. The summed E-state index contributed by atoms with van der Waals surface area (Å²) in [5.41, 5.74) is 5.77. The van der Waals surface area contributed by atoms with Crippen LogP contribution in [0.2, 0.25) is 0 Å². The van der Waals surface area contributed by atoms with Gasteiger partial charge in [0.05, 0.1) is 11.4 Å². The summed E-state index contributed by atoms with van der Waals surface area (Å²) in [7, 11) is 1.46. The molecule has 6 nitrogen and oxygen atoms in total.